The first-order chi connectivity index (χ1) is 6.91. The van der Waals surface area contributed by atoms with Crippen LogP contribution in [0.4, 0.5) is 0 Å². The second-order valence-electron chi connectivity index (χ2n) is 3.88. The zero-order valence-electron chi connectivity index (χ0n) is 9.33. The van der Waals surface area contributed by atoms with E-state index in [-0.39, 0.29) is 5.70 Å². The Kier molecular flexibility index (Phi) is 3.24. The Morgan fingerprint density at radius 3 is 2.20 bits per heavy atom. The molecule has 0 atom stereocenters. The van der Waals surface area contributed by atoms with E-state index < -0.39 is 4.92 Å². The van der Waals surface area contributed by atoms with Crippen molar-refractivity contribution in [2.45, 2.75) is 27.2 Å². The van der Waals surface area contributed by atoms with E-state index in [9.17, 15) is 10.1 Å². The van der Waals surface area contributed by atoms with Crippen molar-refractivity contribution in [2.75, 3.05) is 0 Å². The van der Waals surface area contributed by atoms with Crippen LogP contribution in [0.3, 0.4) is 0 Å². The van der Waals surface area contributed by atoms with Crippen LogP contribution >= 0.6 is 0 Å². The lowest BCUT2D eigenvalue weighted by Crippen LogP contribution is -2.04. The quantitative estimate of drug-likeness (QED) is 0.562. The van der Waals surface area contributed by atoms with Crippen LogP contribution in [0.5, 0.6) is 0 Å². The fraction of sp³-hybridized carbons (Fsp3) is 0.333. The van der Waals surface area contributed by atoms with Gasteiger partial charge in [0.05, 0.1) is 11.3 Å². The van der Waals surface area contributed by atoms with E-state index in [1.165, 1.54) is 5.56 Å². The molecule has 15 heavy (non-hydrogen) atoms. The molecule has 1 aromatic rings. The van der Waals surface area contributed by atoms with Gasteiger partial charge in [-0.25, -0.2) is 0 Å². The fourth-order valence-electron chi connectivity index (χ4n) is 1.76. The minimum absolute atomic E-state index is 0.0463. The van der Waals surface area contributed by atoms with Crippen LogP contribution in [-0.2, 0) is 6.42 Å². The van der Waals surface area contributed by atoms with Gasteiger partial charge >= 0.3 is 0 Å². The summed E-state index contributed by atoms with van der Waals surface area (Å²) in [4.78, 5) is 10.1. The Balaban J connectivity index is 3.05. The van der Waals surface area contributed by atoms with Crippen LogP contribution in [0.1, 0.15) is 22.3 Å². The second kappa shape index (κ2) is 4.26. The van der Waals surface area contributed by atoms with Crippen LogP contribution in [-0.4, -0.2) is 4.92 Å². The van der Waals surface area contributed by atoms with Gasteiger partial charge in [0.2, 0.25) is 5.70 Å². The summed E-state index contributed by atoms with van der Waals surface area (Å²) in [5.74, 6) is 0. The van der Waals surface area contributed by atoms with Crippen molar-refractivity contribution in [2.24, 2.45) is 0 Å². The van der Waals surface area contributed by atoms with Crippen LogP contribution < -0.4 is 0 Å². The summed E-state index contributed by atoms with van der Waals surface area (Å²) in [5, 5.41) is 10.5. The highest BCUT2D eigenvalue weighted by molar-refractivity contribution is 5.38. The second-order valence-corrected chi connectivity index (χ2v) is 3.88. The molecule has 0 heterocycles. The number of benzene rings is 1. The molecule has 0 aliphatic rings. The molecule has 0 saturated carbocycles. The molecular formula is C12H15NO2. The van der Waals surface area contributed by atoms with Crippen molar-refractivity contribution in [3.63, 3.8) is 0 Å². The average Bonchev–Trinajstić information content (AvgIpc) is 2.10. The van der Waals surface area contributed by atoms with Crippen molar-refractivity contribution in [3.05, 3.63) is 56.8 Å². The van der Waals surface area contributed by atoms with E-state index in [1.807, 2.05) is 32.9 Å². The normalized spacial score (nSPS) is 10.1. The number of hydrogen-bond acceptors (Lipinski definition) is 2. The number of nitro groups is 1. The minimum Gasteiger partial charge on any atom is -0.259 e. The zero-order chi connectivity index (χ0) is 11.6. The Morgan fingerprint density at radius 1 is 1.33 bits per heavy atom. The van der Waals surface area contributed by atoms with Gasteiger partial charge in [-0.1, -0.05) is 17.7 Å². The molecule has 80 valence electrons. The molecule has 0 spiro atoms. The molecule has 0 amide bonds. The van der Waals surface area contributed by atoms with Crippen LogP contribution in [0.15, 0.2) is 24.4 Å². The summed E-state index contributed by atoms with van der Waals surface area (Å²) in [6.45, 7) is 9.42. The highest BCUT2D eigenvalue weighted by atomic mass is 16.6. The number of aryl methyl sites for hydroxylation is 3. The monoisotopic (exact) mass is 205 g/mol. The maximum Gasteiger partial charge on any atom is 0.243 e. The minimum atomic E-state index is -0.418. The van der Waals surface area contributed by atoms with Gasteiger partial charge in [0, 0.05) is 0 Å². The fourth-order valence-corrected chi connectivity index (χ4v) is 1.76. The lowest BCUT2D eigenvalue weighted by atomic mass is 9.96. The highest BCUT2D eigenvalue weighted by Crippen LogP contribution is 2.19. The molecule has 0 N–H and O–H groups in total. The number of hydrogen-bond donors (Lipinski definition) is 0. The third-order valence-electron chi connectivity index (χ3n) is 2.48. The Labute approximate surface area is 89.6 Å². The first kappa shape index (κ1) is 11.4. The smallest absolute Gasteiger partial charge is 0.243 e. The number of allylic oxidation sites excluding steroid dienone is 1. The predicted octanol–water partition coefficient (Wildman–Crippen LogP) is 2.94. The van der Waals surface area contributed by atoms with Gasteiger partial charge in [0.1, 0.15) is 0 Å². The molecule has 0 radical (unpaired) electrons. The summed E-state index contributed by atoms with van der Waals surface area (Å²) < 4.78 is 0. The Hall–Kier alpha value is -1.64. The van der Waals surface area contributed by atoms with Gasteiger partial charge < -0.3 is 0 Å². The largest absolute Gasteiger partial charge is 0.259 e. The first-order valence-corrected chi connectivity index (χ1v) is 4.80. The molecule has 1 aromatic carbocycles. The SMILES string of the molecule is C=C(Cc1c(C)cc(C)cc1C)[N+](=O)[O-]. The van der Waals surface area contributed by atoms with Crippen molar-refractivity contribution in [1.29, 1.82) is 0 Å². The standard InChI is InChI=1S/C12H15NO2/c1-8-5-9(2)12(10(3)6-8)7-11(4)13(14)15/h5-6H,4,7H2,1-3H3. The molecule has 1 rings (SSSR count). The lowest BCUT2D eigenvalue weighted by Gasteiger charge is -2.09. The van der Waals surface area contributed by atoms with Crippen LogP contribution in [0.2, 0.25) is 0 Å². The first-order valence-electron chi connectivity index (χ1n) is 4.80. The molecule has 3 nitrogen and oxygen atoms in total. The van der Waals surface area contributed by atoms with Gasteiger partial charge in [-0.3, -0.25) is 10.1 Å². The van der Waals surface area contributed by atoms with Crippen molar-refractivity contribution in [3.8, 4) is 0 Å². The molecule has 0 aliphatic heterocycles. The third-order valence-corrected chi connectivity index (χ3v) is 2.48. The molecule has 0 fully saturated rings. The van der Waals surface area contributed by atoms with Crippen LogP contribution in [0.25, 0.3) is 0 Å². The predicted molar refractivity (Wildman–Crippen MR) is 60.5 cm³/mol. The van der Waals surface area contributed by atoms with E-state index in [0.717, 1.165) is 16.7 Å². The molecule has 0 saturated heterocycles. The number of nitrogens with zero attached hydrogens (tertiary/aromatic N) is 1. The van der Waals surface area contributed by atoms with Gasteiger partial charge in [-0.05, 0) is 44.0 Å². The average molecular weight is 205 g/mol. The Bertz CT molecular complexity index is 399. The summed E-state index contributed by atoms with van der Waals surface area (Å²) in [7, 11) is 0. The molecule has 0 aromatic heterocycles. The van der Waals surface area contributed by atoms with Crippen molar-refractivity contribution < 1.29 is 4.92 Å². The van der Waals surface area contributed by atoms with E-state index >= 15 is 0 Å². The zero-order valence-corrected chi connectivity index (χ0v) is 9.33. The van der Waals surface area contributed by atoms with Crippen LogP contribution in [0, 0.1) is 30.9 Å². The summed E-state index contributed by atoms with van der Waals surface area (Å²) in [6.07, 6.45) is 0.324. The highest BCUT2D eigenvalue weighted by Gasteiger charge is 2.12. The molecule has 0 bridgehead atoms. The summed E-state index contributed by atoms with van der Waals surface area (Å²) >= 11 is 0. The van der Waals surface area contributed by atoms with E-state index in [0.29, 0.717) is 6.42 Å². The summed E-state index contributed by atoms with van der Waals surface area (Å²) in [6, 6.07) is 4.07. The molecule has 3 heteroatoms. The number of rotatable bonds is 3. The van der Waals surface area contributed by atoms with Crippen molar-refractivity contribution >= 4 is 0 Å². The van der Waals surface area contributed by atoms with Gasteiger partial charge in [-0.15, -0.1) is 0 Å². The topological polar surface area (TPSA) is 43.1 Å². The summed E-state index contributed by atoms with van der Waals surface area (Å²) in [5.41, 5.74) is 4.43. The lowest BCUT2D eigenvalue weighted by molar-refractivity contribution is -0.426. The molecular weight excluding hydrogens is 190 g/mol. The maximum atomic E-state index is 10.5. The van der Waals surface area contributed by atoms with E-state index in [2.05, 4.69) is 6.58 Å². The Morgan fingerprint density at radius 2 is 1.80 bits per heavy atom. The van der Waals surface area contributed by atoms with Crippen molar-refractivity contribution in [1.82, 2.24) is 0 Å². The van der Waals surface area contributed by atoms with E-state index in [1.54, 1.807) is 0 Å². The van der Waals surface area contributed by atoms with E-state index in [4.69, 9.17) is 0 Å². The third kappa shape index (κ3) is 2.65. The molecule has 0 aliphatic carbocycles. The van der Waals surface area contributed by atoms with Gasteiger partial charge in [-0.2, -0.15) is 0 Å². The maximum absolute atomic E-state index is 10.5. The molecule has 0 unspecified atom stereocenters. The van der Waals surface area contributed by atoms with Gasteiger partial charge in [0.25, 0.3) is 0 Å². The van der Waals surface area contributed by atoms with Gasteiger partial charge in [0.15, 0.2) is 0 Å².